The molecule has 4 heteroatoms. The van der Waals surface area contributed by atoms with E-state index >= 15 is 0 Å². The van der Waals surface area contributed by atoms with Crippen LogP contribution >= 0.6 is 0 Å². The fourth-order valence-corrected chi connectivity index (χ4v) is 2.75. The fourth-order valence-electron chi connectivity index (χ4n) is 2.75. The fraction of sp³-hybridized carbons (Fsp3) is 0.588. The molecule has 1 aliphatic rings. The van der Waals surface area contributed by atoms with Gasteiger partial charge in [0, 0.05) is 0 Å². The van der Waals surface area contributed by atoms with Gasteiger partial charge in [-0.05, 0) is 51.7 Å². The maximum absolute atomic E-state index is 12.6. The third kappa shape index (κ3) is 3.56. The number of carbonyl (C=O) groups is 1. The number of aliphatic hydroxyl groups is 1. The van der Waals surface area contributed by atoms with Crippen molar-refractivity contribution in [3.63, 3.8) is 0 Å². The smallest absolute Gasteiger partial charge is 0.415 e. The van der Waals surface area contributed by atoms with Crippen molar-refractivity contribution in [2.24, 2.45) is 0 Å². The van der Waals surface area contributed by atoms with E-state index < -0.39 is 11.7 Å². The van der Waals surface area contributed by atoms with Crippen LogP contribution in [0.1, 0.15) is 46.1 Å². The first-order chi connectivity index (χ1) is 9.83. The van der Waals surface area contributed by atoms with Gasteiger partial charge in [0.25, 0.3) is 0 Å². The highest BCUT2D eigenvalue weighted by molar-refractivity contribution is 5.90. The van der Waals surface area contributed by atoms with Crippen LogP contribution in [-0.4, -0.2) is 28.9 Å². The lowest BCUT2D eigenvalue weighted by atomic mass is 9.92. The van der Waals surface area contributed by atoms with Crippen molar-refractivity contribution in [3.05, 3.63) is 29.8 Å². The third-order valence-corrected chi connectivity index (χ3v) is 3.74. The lowest BCUT2D eigenvalue weighted by Gasteiger charge is -2.39. The Morgan fingerprint density at radius 1 is 1.43 bits per heavy atom. The van der Waals surface area contributed by atoms with Crippen LogP contribution in [0.25, 0.3) is 0 Å². The van der Waals surface area contributed by atoms with Crippen LogP contribution in [-0.2, 0) is 11.2 Å². The number of aryl methyl sites for hydroxylation is 1. The molecule has 4 nitrogen and oxygen atoms in total. The summed E-state index contributed by atoms with van der Waals surface area (Å²) >= 11 is 0. The minimum absolute atomic E-state index is 0.222. The summed E-state index contributed by atoms with van der Waals surface area (Å²) in [7, 11) is 0. The summed E-state index contributed by atoms with van der Waals surface area (Å²) < 4.78 is 5.53. The molecule has 0 aromatic heterocycles. The Morgan fingerprint density at radius 3 is 2.71 bits per heavy atom. The van der Waals surface area contributed by atoms with Crippen LogP contribution < -0.4 is 4.90 Å². The topological polar surface area (TPSA) is 49.8 Å². The van der Waals surface area contributed by atoms with Crippen molar-refractivity contribution in [3.8, 4) is 0 Å². The second kappa shape index (κ2) is 6.06. The Morgan fingerprint density at radius 2 is 2.10 bits per heavy atom. The molecule has 0 bridgehead atoms. The zero-order valence-electron chi connectivity index (χ0n) is 13.3. The van der Waals surface area contributed by atoms with E-state index in [-0.39, 0.29) is 12.1 Å². The largest absolute Gasteiger partial charge is 0.443 e. The van der Waals surface area contributed by atoms with Crippen molar-refractivity contribution in [1.29, 1.82) is 0 Å². The van der Waals surface area contributed by atoms with Crippen LogP contribution in [0.15, 0.2) is 24.3 Å². The van der Waals surface area contributed by atoms with Gasteiger partial charge in [0.1, 0.15) is 5.60 Å². The van der Waals surface area contributed by atoms with Gasteiger partial charge < -0.3 is 9.84 Å². The maximum atomic E-state index is 12.6. The molecule has 0 radical (unpaired) electrons. The van der Waals surface area contributed by atoms with Crippen molar-refractivity contribution >= 4 is 11.8 Å². The van der Waals surface area contributed by atoms with Gasteiger partial charge in [0.05, 0.1) is 17.8 Å². The Hall–Kier alpha value is -1.55. The number of carbonyl (C=O) groups excluding carboxylic acids is 1. The molecule has 21 heavy (non-hydrogen) atoms. The number of benzene rings is 1. The highest BCUT2D eigenvalue weighted by atomic mass is 16.6. The van der Waals surface area contributed by atoms with Gasteiger partial charge in [-0.25, -0.2) is 4.79 Å². The van der Waals surface area contributed by atoms with Gasteiger partial charge in [-0.2, -0.15) is 0 Å². The molecule has 0 spiro atoms. The SMILES string of the molecule is CCC(O)C1CCc2ccccc2N1C(=O)OC(C)(C)C. The van der Waals surface area contributed by atoms with Crippen LogP contribution in [0.2, 0.25) is 0 Å². The number of para-hydroxylation sites is 1. The number of nitrogens with zero attached hydrogens (tertiary/aromatic N) is 1. The van der Waals surface area contributed by atoms with E-state index in [4.69, 9.17) is 4.74 Å². The number of hydrogen-bond acceptors (Lipinski definition) is 3. The molecule has 0 aliphatic carbocycles. The van der Waals surface area contributed by atoms with E-state index in [1.807, 2.05) is 52.0 Å². The molecular formula is C17H25NO3. The number of aliphatic hydroxyl groups excluding tert-OH is 1. The van der Waals surface area contributed by atoms with E-state index in [0.29, 0.717) is 6.42 Å². The Balaban J connectivity index is 2.36. The molecule has 0 saturated heterocycles. The molecular weight excluding hydrogens is 266 g/mol. The third-order valence-electron chi connectivity index (χ3n) is 3.74. The van der Waals surface area contributed by atoms with Gasteiger partial charge in [-0.3, -0.25) is 4.90 Å². The molecule has 1 amide bonds. The Bertz CT molecular complexity index is 507. The zero-order chi connectivity index (χ0) is 15.6. The molecule has 2 rings (SSSR count). The van der Waals surface area contributed by atoms with Crippen molar-refractivity contribution < 1.29 is 14.6 Å². The first kappa shape index (κ1) is 15.8. The average Bonchev–Trinajstić information content (AvgIpc) is 2.43. The molecule has 0 fully saturated rings. The zero-order valence-corrected chi connectivity index (χ0v) is 13.3. The first-order valence-electron chi connectivity index (χ1n) is 7.61. The van der Waals surface area contributed by atoms with Gasteiger partial charge >= 0.3 is 6.09 Å². The van der Waals surface area contributed by atoms with E-state index in [9.17, 15) is 9.90 Å². The van der Waals surface area contributed by atoms with Gasteiger partial charge in [-0.15, -0.1) is 0 Å². The van der Waals surface area contributed by atoms with Gasteiger partial charge in [0.2, 0.25) is 0 Å². The van der Waals surface area contributed by atoms with E-state index in [1.54, 1.807) is 4.90 Å². The summed E-state index contributed by atoms with van der Waals surface area (Å²) in [4.78, 5) is 14.2. The monoisotopic (exact) mass is 291 g/mol. The van der Waals surface area contributed by atoms with Crippen LogP contribution in [0.5, 0.6) is 0 Å². The normalized spacial score (nSPS) is 19.9. The highest BCUT2D eigenvalue weighted by Gasteiger charge is 2.36. The first-order valence-corrected chi connectivity index (χ1v) is 7.61. The maximum Gasteiger partial charge on any atom is 0.415 e. The second-order valence-electron chi connectivity index (χ2n) is 6.56. The number of hydrogen-bond donors (Lipinski definition) is 1. The molecule has 0 saturated carbocycles. The number of rotatable bonds is 2. The quantitative estimate of drug-likeness (QED) is 0.907. The van der Waals surface area contributed by atoms with Gasteiger partial charge in [-0.1, -0.05) is 25.1 Å². The van der Waals surface area contributed by atoms with Crippen molar-refractivity contribution in [1.82, 2.24) is 0 Å². The second-order valence-corrected chi connectivity index (χ2v) is 6.56. The number of anilines is 1. The van der Waals surface area contributed by atoms with Gasteiger partial charge in [0.15, 0.2) is 0 Å². The van der Waals surface area contributed by atoms with Crippen LogP contribution in [0, 0.1) is 0 Å². The summed E-state index contributed by atoms with van der Waals surface area (Å²) in [5, 5.41) is 10.3. The predicted molar refractivity (Wildman–Crippen MR) is 83.6 cm³/mol. The molecule has 1 aliphatic heterocycles. The number of fused-ring (bicyclic) bond motifs is 1. The lowest BCUT2D eigenvalue weighted by molar-refractivity contribution is 0.0495. The Kier molecular flexibility index (Phi) is 4.57. The minimum Gasteiger partial charge on any atom is -0.443 e. The average molecular weight is 291 g/mol. The molecule has 1 N–H and O–H groups in total. The number of amides is 1. The Labute approximate surface area is 126 Å². The summed E-state index contributed by atoms with van der Waals surface area (Å²) in [5.74, 6) is 0. The molecule has 116 valence electrons. The molecule has 2 atom stereocenters. The van der Waals surface area contributed by atoms with E-state index in [2.05, 4.69) is 0 Å². The molecule has 1 heterocycles. The molecule has 2 unspecified atom stereocenters. The summed E-state index contributed by atoms with van der Waals surface area (Å²) in [5.41, 5.74) is 1.43. The number of ether oxygens (including phenoxy) is 1. The standard InChI is InChI=1S/C17H25NO3/c1-5-15(19)14-11-10-12-8-6-7-9-13(12)18(14)16(20)21-17(2,3)4/h6-9,14-15,19H,5,10-11H2,1-4H3. The minimum atomic E-state index is -0.550. The van der Waals surface area contributed by atoms with E-state index in [0.717, 1.165) is 24.1 Å². The summed E-state index contributed by atoms with van der Waals surface area (Å²) in [6.07, 6.45) is 1.33. The summed E-state index contributed by atoms with van der Waals surface area (Å²) in [6, 6.07) is 7.62. The molecule has 1 aromatic rings. The van der Waals surface area contributed by atoms with Crippen molar-refractivity contribution in [2.45, 2.75) is 64.7 Å². The predicted octanol–water partition coefficient (Wildman–Crippen LogP) is 3.51. The summed E-state index contributed by atoms with van der Waals surface area (Å²) in [6.45, 7) is 7.49. The molecule has 1 aromatic carbocycles. The van der Waals surface area contributed by atoms with E-state index in [1.165, 1.54) is 0 Å². The lowest BCUT2D eigenvalue weighted by Crippen LogP contribution is -2.51. The van der Waals surface area contributed by atoms with Crippen LogP contribution in [0.4, 0.5) is 10.5 Å². The highest BCUT2D eigenvalue weighted by Crippen LogP contribution is 2.33. The van der Waals surface area contributed by atoms with Crippen molar-refractivity contribution in [2.75, 3.05) is 4.90 Å². The van der Waals surface area contributed by atoms with Crippen LogP contribution in [0.3, 0.4) is 0 Å².